The van der Waals surface area contributed by atoms with Crippen molar-refractivity contribution in [1.29, 1.82) is 0 Å². The van der Waals surface area contributed by atoms with Crippen LogP contribution in [0.2, 0.25) is 0 Å². The second-order valence-electron chi connectivity index (χ2n) is 3.39. The second-order valence-corrected chi connectivity index (χ2v) is 3.39. The summed E-state index contributed by atoms with van der Waals surface area (Å²) in [4.78, 5) is 0. The van der Waals surface area contributed by atoms with Crippen LogP contribution in [0, 0.1) is 0 Å². The zero-order valence-corrected chi connectivity index (χ0v) is 9.55. The summed E-state index contributed by atoms with van der Waals surface area (Å²) in [6, 6.07) is 5.91. The number of fused-ring (bicyclic) bond motifs is 1. The summed E-state index contributed by atoms with van der Waals surface area (Å²) >= 11 is 0. The van der Waals surface area contributed by atoms with Crippen molar-refractivity contribution in [2.24, 2.45) is 5.73 Å². The standard InChI is InChI=1S/C11H15NO2.ClH/c1-2-9(12)8-4-3-5-10-11(8)14-7-6-13-10;/h3-5,9H,2,6-7,12H2,1H3;1H/t9-;/m0./s1. The molecule has 2 rings (SSSR count). The van der Waals surface area contributed by atoms with Crippen molar-refractivity contribution >= 4 is 12.4 Å². The molecule has 0 amide bonds. The molecule has 84 valence electrons. The van der Waals surface area contributed by atoms with Crippen LogP contribution in [0.5, 0.6) is 11.5 Å². The van der Waals surface area contributed by atoms with Crippen molar-refractivity contribution in [1.82, 2.24) is 0 Å². The predicted molar refractivity (Wildman–Crippen MR) is 61.9 cm³/mol. The molecule has 0 bridgehead atoms. The van der Waals surface area contributed by atoms with Crippen LogP contribution in [-0.4, -0.2) is 13.2 Å². The number of rotatable bonds is 2. The van der Waals surface area contributed by atoms with Gasteiger partial charge in [-0.1, -0.05) is 19.1 Å². The number of benzene rings is 1. The molecule has 0 saturated heterocycles. The molecule has 0 fully saturated rings. The Bertz CT molecular complexity index is 330. The van der Waals surface area contributed by atoms with Gasteiger partial charge in [0.25, 0.3) is 0 Å². The van der Waals surface area contributed by atoms with E-state index in [-0.39, 0.29) is 18.4 Å². The van der Waals surface area contributed by atoms with E-state index in [0.29, 0.717) is 13.2 Å². The highest BCUT2D eigenvalue weighted by Crippen LogP contribution is 2.36. The van der Waals surface area contributed by atoms with Gasteiger partial charge in [0.1, 0.15) is 13.2 Å². The molecule has 1 heterocycles. The van der Waals surface area contributed by atoms with E-state index in [1.807, 2.05) is 18.2 Å². The average Bonchev–Trinajstić information content (AvgIpc) is 2.27. The van der Waals surface area contributed by atoms with Crippen LogP contribution >= 0.6 is 12.4 Å². The zero-order valence-electron chi connectivity index (χ0n) is 8.73. The third kappa shape index (κ3) is 2.36. The summed E-state index contributed by atoms with van der Waals surface area (Å²) < 4.78 is 11.1. The van der Waals surface area contributed by atoms with E-state index in [2.05, 4.69) is 6.92 Å². The third-order valence-corrected chi connectivity index (χ3v) is 2.44. The van der Waals surface area contributed by atoms with Gasteiger partial charge in [-0.15, -0.1) is 12.4 Å². The van der Waals surface area contributed by atoms with Crippen molar-refractivity contribution in [2.45, 2.75) is 19.4 Å². The highest BCUT2D eigenvalue weighted by atomic mass is 35.5. The van der Waals surface area contributed by atoms with Crippen molar-refractivity contribution in [3.8, 4) is 11.5 Å². The number of para-hydroxylation sites is 1. The molecule has 0 radical (unpaired) electrons. The largest absolute Gasteiger partial charge is 0.486 e. The van der Waals surface area contributed by atoms with Gasteiger partial charge in [-0.25, -0.2) is 0 Å². The summed E-state index contributed by atoms with van der Waals surface area (Å²) in [6.45, 7) is 3.30. The van der Waals surface area contributed by atoms with Crippen molar-refractivity contribution in [3.05, 3.63) is 23.8 Å². The van der Waals surface area contributed by atoms with E-state index >= 15 is 0 Å². The number of ether oxygens (including phenoxy) is 2. The lowest BCUT2D eigenvalue weighted by Gasteiger charge is -2.22. The number of hydrogen-bond acceptors (Lipinski definition) is 3. The summed E-state index contributed by atoms with van der Waals surface area (Å²) in [6.07, 6.45) is 0.903. The minimum atomic E-state index is 0. The fourth-order valence-corrected chi connectivity index (χ4v) is 1.61. The smallest absolute Gasteiger partial charge is 0.166 e. The van der Waals surface area contributed by atoms with Crippen LogP contribution in [-0.2, 0) is 0 Å². The fourth-order valence-electron chi connectivity index (χ4n) is 1.61. The van der Waals surface area contributed by atoms with E-state index in [1.165, 1.54) is 0 Å². The van der Waals surface area contributed by atoms with Crippen LogP contribution in [0.4, 0.5) is 0 Å². The van der Waals surface area contributed by atoms with Crippen molar-refractivity contribution < 1.29 is 9.47 Å². The first kappa shape index (κ1) is 12.1. The van der Waals surface area contributed by atoms with Gasteiger partial charge in [0.2, 0.25) is 0 Å². The van der Waals surface area contributed by atoms with E-state index in [4.69, 9.17) is 15.2 Å². The molecule has 0 spiro atoms. The molecule has 15 heavy (non-hydrogen) atoms. The summed E-state index contributed by atoms with van der Waals surface area (Å²) in [5.74, 6) is 1.64. The highest BCUT2D eigenvalue weighted by Gasteiger charge is 2.18. The number of nitrogens with two attached hydrogens (primary N) is 1. The van der Waals surface area contributed by atoms with Crippen LogP contribution < -0.4 is 15.2 Å². The Morgan fingerprint density at radius 2 is 2.07 bits per heavy atom. The lowest BCUT2D eigenvalue weighted by atomic mass is 10.0. The van der Waals surface area contributed by atoms with Gasteiger partial charge < -0.3 is 15.2 Å². The van der Waals surface area contributed by atoms with Gasteiger partial charge in [-0.2, -0.15) is 0 Å². The first-order chi connectivity index (χ1) is 6.83. The maximum absolute atomic E-state index is 5.98. The zero-order chi connectivity index (χ0) is 9.97. The van der Waals surface area contributed by atoms with E-state index in [1.54, 1.807) is 0 Å². The molecule has 4 heteroatoms. The minimum Gasteiger partial charge on any atom is -0.486 e. The maximum atomic E-state index is 5.98. The molecule has 0 unspecified atom stereocenters. The van der Waals surface area contributed by atoms with Crippen LogP contribution in [0.1, 0.15) is 24.9 Å². The van der Waals surface area contributed by atoms with Crippen molar-refractivity contribution in [2.75, 3.05) is 13.2 Å². The Balaban J connectivity index is 0.00000112. The van der Waals surface area contributed by atoms with Gasteiger partial charge in [-0.05, 0) is 12.5 Å². The highest BCUT2D eigenvalue weighted by molar-refractivity contribution is 5.85. The third-order valence-electron chi connectivity index (χ3n) is 2.44. The molecular formula is C11H16ClNO2. The molecule has 1 aromatic rings. The Morgan fingerprint density at radius 1 is 1.33 bits per heavy atom. The van der Waals surface area contributed by atoms with Crippen molar-refractivity contribution in [3.63, 3.8) is 0 Å². The lowest BCUT2D eigenvalue weighted by Crippen LogP contribution is -2.19. The second kappa shape index (κ2) is 5.24. The number of halogens is 1. The van der Waals surface area contributed by atoms with Crippen LogP contribution in [0.3, 0.4) is 0 Å². The Hall–Kier alpha value is -0.930. The Labute approximate surface area is 96.0 Å². The molecule has 1 aliphatic heterocycles. The van der Waals surface area contributed by atoms with Gasteiger partial charge >= 0.3 is 0 Å². The van der Waals surface area contributed by atoms with Crippen LogP contribution in [0.15, 0.2) is 18.2 Å². The number of hydrogen-bond donors (Lipinski definition) is 1. The maximum Gasteiger partial charge on any atom is 0.166 e. The monoisotopic (exact) mass is 229 g/mol. The van der Waals surface area contributed by atoms with E-state index in [9.17, 15) is 0 Å². The summed E-state index contributed by atoms with van der Waals surface area (Å²) in [7, 11) is 0. The summed E-state index contributed by atoms with van der Waals surface area (Å²) in [5.41, 5.74) is 7.03. The lowest BCUT2D eigenvalue weighted by molar-refractivity contribution is 0.169. The fraction of sp³-hybridized carbons (Fsp3) is 0.455. The predicted octanol–water partition coefficient (Wildman–Crippen LogP) is 2.29. The van der Waals surface area contributed by atoms with E-state index < -0.39 is 0 Å². The van der Waals surface area contributed by atoms with Gasteiger partial charge in [0.05, 0.1) is 0 Å². The quantitative estimate of drug-likeness (QED) is 0.846. The molecule has 1 aromatic carbocycles. The Morgan fingerprint density at radius 3 is 2.80 bits per heavy atom. The molecule has 0 aliphatic carbocycles. The Kier molecular flexibility index (Phi) is 4.24. The first-order valence-corrected chi connectivity index (χ1v) is 4.97. The van der Waals surface area contributed by atoms with Gasteiger partial charge in [0.15, 0.2) is 11.5 Å². The molecular weight excluding hydrogens is 214 g/mol. The minimum absolute atomic E-state index is 0. The van der Waals surface area contributed by atoms with Crippen LogP contribution in [0.25, 0.3) is 0 Å². The normalized spacial score (nSPS) is 15.3. The van der Waals surface area contributed by atoms with Gasteiger partial charge in [0, 0.05) is 11.6 Å². The van der Waals surface area contributed by atoms with Gasteiger partial charge in [-0.3, -0.25) is 0 Å². The molecule has 0 saturated carbocycles. The van der Waals surface area contributed by atoms with E-state index in [0.717, 1.165) is 23.5 Å². The average molecular weight is 230 g/mol. The summed E-state index contributed by atoms with van der Waals surface area (Å²) in [5, 5.41) is 0. The molecule has 1 atom stereocenters. The topological polar surface area (TPSA) is 44.5 Å². The molecule has 1 aliphatic rings. The molecule has 2 N–H and O–H groups in total. The molecule has 0 aromatic heterocycles. The first-order valence-electron chi connectivity index (χ1n) is 4.97. The molecule has 3 nitrogen and oxygen atoms in total. The SMILES string of the molecule is CC[C@H](N)c1cccc2c1OCCO2.Cl.